The summed E-state index contributed by atoms with van der Waals surface area (Å²) in [5.74, 6) is -1.75. The molecule has 0 fully saturated rings. The Bertz CT molecular complexity index is 1070. The Kier molecular flexibility index (Phi) is 3.61. The lowest BCUT2D eigenvalue weighted by molar-refractivity contribution is 0.0970. The predicted molar refractivity (Wildman–Crippen MR) is 80.8 cm³/mol. The fourth-order valence-corrected chi connectivity index (χ4v) is 4.40. The topological polar surface area (TPSA) is 143 Å². The molecule has 0 aromatic heterocycles. The fraction of sp³-hybridized carbons (Fsp3) is 0.143. The molecular formula is C14H10O8S2. The molecule has 1 aromatic carbocycles. The lowest BCUT2D eigenvalue weighted by atomic mass is 9.80. The highest BCUT2D eigenvalue weighted by molar-refractivity contribution is 7.90. The molecular weight excluding hydrogens is 360 g/mol. The van der Waals surface area contributed by atoms with Gasteiger partial charge in [0.15, 0.2) is 11.6 Å². The molecule has 2 aliphatic rings. The molecule has 3 rings (SSSR count). The van der Waals surface area contributed by atoms with E-state index in [4.69, 9.17) is 0 Å². The largest absolute Gasteiger partial charge is 0.295 e. The van der Waals surface area contributed by atoms with Crippen molar-refractivity contribution in [2.75, 3.05) is 0 Å². The van der Waals surface area contributed by atoms with Crippen molar-refractivity contribution in [2.45, 2.75) is 17.7 Å². The molecule has 0 spiro atoms. The van der Waals surface area contributed by atoms with Crippen molar-refractivity contribution >= 4 is 31.8 Å². The van der Waals surface area contributed by atoms with Crippen LogP contribution in [0.1, 0.15) is 33.6 Å². The fourth-order valence-electron chi connectivity index (χ4n) is 2.89. The summed E-state index contributed by atoms with van der Waals surface area (Å²) in [5.41, 5.74) is -1.47. The van der Waals surface area contributed by atoms with Crippen molar-refractivity contribution in [1.82, 2.24) is 0 Å². The Balaban J connectivity index is 2.35. The molecule has 0 heterocycles. The number of ketones is 2. The van der Waals surface area contributed by atoms with Gasteiger partial charge in [0.1, 0.15) is 9.80 Å². The number of rotatable bonds is 2. The maximum Gasteiger partial charge on any atom is 0.295 e. The second kappa shape index (κ2) is 5.18. The lowest BCUT2D eigenvalue weighted by Gasteiger charge is -2.25. The molecule has 0 amide bonds. The number of Topliss-reactive ketones (excluding diaryl/α,β-unsaturated/α-hetero) is 2. The van der Waals surface area contributed by atoms with E-state index in [1.165, 1.54) is 0 Å². The average molecular weight is 370 g/mol. The second-order valence-electron chi connectivity index (χ2n) is 5.25. The van der Waals surface area contributed by atoms with Gasteiger partial charge in [0, 0.05) is 11.1 Å². The molecule has 126 valence electrons. The minimum Gasteiger partial charge on any atom is -0.289 e. The van der Waals surface area contributed by atoms with Crippen LogP contribution >= 0.6 is 0 Å². The molecule has 10 heteroatoms. The van der Waals surface area contributed by atoms with E-state index in [2.05, 4.69) is 0 Å². The Morgan fingerprint density at radius 3 is 2.17 bits per heavy atom. The summed E-state index contributed by atoms with van der Waals surface area (Å²) in [6.07, 6.45) is 1.23. The number of fused-ring (bicyclic) bond motifs is 1. The summed E-state index contributed by atoms with van der Waals surface area (Å²) in [5, 5.41) is 0. The summed E-state index contributed by atoms with van der Waals surface area (Å²) in [6.45, 7) is 0. The SMILES string of the molecule is O=C1C2=C(CCC=C2S(=O)(=O)O)C(=O)c2c1cccc2S(=O)(=O)O. The zero-order valence-electron chi connectivity index (χ0n) is 11.9. The molecule has 0 saturated heterocycles. The molecule has 8 nitrogen and oxygen atoms in total. The smallest absolute Gasteiger partial charge is 0.289 e. The van der Waals surface area contributed by atoms with Crippen LogP contribution in [0.3, 0.4) is 0 Å². The molecule has 1 aromatic rings. The van der Waals surface area contributed by atoms with E-state index in [0.29, 0.717) is 0 Å². The Hall–Kier alpha value is -2.14. The Morgan fingerprint density at radius 2 is 1.58 bits per heavy atom. The van der Waals surface area contributed by atoms with Crippen LogP contribution in [0.2, 0.25) is 0 Å². The van der Waals surface area contributed by atoms with E-state index in [1.807, 2.05) is 0 Å². The van der Waals surface area contributed by atoms with Crippen LogP contribution in [-0.2, 0) is 20.2 Å². The first-order valence-electron chi connectivity index (χ1n) is 6.64. The molecule has 2 N–H and O–H groups in total. The summed E-state index contributed by atoms with van der Waals surface area (Å²) < 4.78 is 64.5. The van der Waals surface area contributed by atoms with Crippen LogP contribution in [0, 0.1) is 0 Å². The number of hydrogen-bond donors (Lipinski definition) is 2. The first-order valence-corrected chi connectivity index (χ1v) is 9.52. The van der Waals surface area contributed by atoms with E-state index < -0.39 is 52.7 Å². The maximum atomic E-state index is 12.6. The van der Waals surface area contributed by atoms with Gasteiger partial charge in [-0.05, 0) is 18.9 Å². The van der Waals surface area contributed by atoms with Crippen molar-refractivity contribution in [3.05, 3.63) is 51.5 Å². The van der Waals surface area contributed by atoms with Gasteiger partial charge in [-0.2, -0.15) is 16.8 Å². The van der Waals surface area contributed by atoms with Crippen LogP contribution < -0.4 is 0 Å². The normalized spacial score (nSPS) is 18.2. The predicted octanol–water partition coefficient (Wildman–Crippen LogP) is 1.17. The molecule has 0 radical (unpaired) electrons. The van der Waals surface area contributed by atoms with Gasteiger partial charge < -0.3 is 0 Å². The number of benzene rings is 1. The summed E-state index contributed by atoms with van der Waals surface area (Å²) in [7, 11) is -9.49. The first kappa shape index (κ1) is 16.7. The molecule has 0 unspecified atom stereocenters. The van der Waals surface area contributed by atoms with Gasteiger partial charge >= 0.3 is 0 Å². The Morgan fingerprint density at radius 1 is 0.917 bits per heavy atom. The van der Waals surface area contributed by atoms with E-state index in [-0.39, 0.29) is 24.0 Å². The van der Waals surface area contributed by atoms with Crippen molar-refractivity contribution in [3.8, 4) is 0 Å². The summed E-state index contributed by atoms with van der Waals surface area (Å²) in [6, 6.07) is 3.29. The van der Waals surface area contributed by atoms with E-state index in [9.17, 15) is 35.5 Å². The third kappa shape index (κ3) is 2.44. The number of carbonyl (C=O) groups excluding carboxylic acids is 2. The van der Waals surface area contributed by atoms with Gasteiger partial charge in [-0.25, -0.2) is 0 Å². The van der Waals surface area contributed by atoms with E-state index in [1.54, 1.807) is 0 Å². The molecule has 0 bridgehead atoms. The number of allylic oxidation sites excluding steroid dienone is 3. The van der Waals surface area contributed by atoms with Crippen molar-refractivity contribution < 1.29 is 35.5 Å². The van der Waals surface area contributed by atoms with Crippen molar-refractivity contribution in [3.63, 3.8) is 0 Å². The monoisotopic (exact) mass is 370 g/mol. The highest BCUT2D eigenvalue weighted by Gasteiger charge is 2.40. The van der Waals surface area contributed by atoms with Gasteiger partial charge in [-0.1, -0.05) is 18.2 Å². The van der Waals surface area contributed by atoms with Crippen LogP contribution in [0.15, 0.2) is 45.2 Å². The standard InChI is InChI=1S/C14H10O8S2/c15-13-7-3-1-5-9(23(17,18)19)11(7)14(16)8-4-2-6-10(12(8)13)24(20,21)22/h1,3,5-6H,2,4H2,(H,17,18,19)(H,20,21,22). The van der Waals surface area contributed by atoms with Gasteiger partial charge in [0.25, 0.3) is 20.2 Å². The van der Waals surface area contributed by atoms with Gasteiger partial charge in [0.2, 0.25) is 0 Å². The highest BCUT2D eigenvalue weighted by Crippen LogP contribution is 2.39. The molecule has 0 aliphatic heterocycles. The zero-order valence-corrected chi connectivity index (χ0v) is 13.5. The minimum atomic E-state index is -4.76. The molecule has 0 saturated carbocycles. The lowest BCUT2D eigenvalue weighted by Crippen LogP contribution is -2.28. The van der Waals surface area contributed by atoms with Crippen molar-refractivity contribution in [2.24, 2.45) is 0 Å². The summed E-state index contributed by atoms with van der Waals surface area (Å²) in [4.78, 5) is 23.9. The van der Waals surface area contributed by atoms with E-state index in [0.717, 1.165) is 24.3 Å². The van der Waals surface area contributed by atoms with Gasteiger partial charge in [-0.3, -0.25) is 18.7 Å². The maximum absolute atomic E-state index is 12.6. The third-order valence-electron chi connectivity index (χ3n) is 3.83. The highest BCUT2D eigenvalue weighted by atomic mass is 32.2. The van der Waals surface area contributed by atoms with Crippen LogP contribution in [-0.4, -0.2) is 37.5 Å². The number of carbonyl (C=O) groups is 2. The average Bonchev–Trinajstić information content (AvgIpc) is 2.49. The van der Waals surface area contributed by atoms with E-state index >= 15 is 0 Å². The minimum absolute atomic E-state index is 0.0121. The molecule has 2 aliphatic carbocycles. The zero-order chi connectivity index (χ0) is 17.9. The Labute approximate surface area is 137 Å². The molecule has 0 atom stereocenters. The quantitative estimate of drug-likeness (QED) is 0.739. The van der Waals surface area contributed by atoms with Crippen LogP contribution in [0.5, 0.6) is 0 Å². The van der Waals surface area contributed by atoms with Crippen molar-refractivity contribution in [1.29, 1.82) is 0 Å². The third-order valence-corrected chi connectivity index (χ3v) is 5.65. The van der Waals surface area contributed by atoms with Crippen LogP contribution in [0.4, 0.5) is 0 Å². The summed E-state index contributed by atoms with van der Waals surface area (Å²) >= 11 is 0. The second-order valence-corrected chi connectivity index (χ2v) is 8.03. The van der Waals surface area contributed by atoms with Gasteiger partial charge in [-0.15, -0.1) is 0 Å². The number of hydrogen-bond acceptors (Lipinski definition) is 6. The van der Waals surface area contributed by atoms with Crippen LogP contribution in [0.25, 0.3) is 0 Å². The first-order chi connectivity index (χ1) is 11.0. The molecule has 24 heavy (non-hydrogen) atoms. The van der Waals surface area contributed by atoms with Gasteiger partial charge in [0.05, 0.1) is 11.1 Å².